The molecule has 6 heteroatoms. The Kier molecular flexibility index (Phi) is 2.86. The smallest absolute Gasteiger partial charge is 0.261 e. The predicted octanol–water partition coefficient (Wildman–Crippen LogP) is 1.90. The van der Waals surface area contributed by atoms with E-state index in [4.69, 9.17) is 11.5 Å². The highest BCUT2D eigenvalue weighted by Gasteiger charge is 2.42. The maximum absolute atomic E-state index is 11.3. The standard InChI is InChI=1S/C13H16N4OS/c14-5-8-9(15)11(12(16)18)19-13(8)17-10(6-1-2-6)7-3-4-7/h6-7,10,17H,1-4,15H2,(H2,16,18). The van der Waals surface area contributed by atoms with Crippen LogP contribution < -0.4 is 16.8 Å². The van der Waals surface area contributed by atoms with E-state index >= 15 is 0 Å². The summed E-state index contributed by atoms with van der Waals surface area (Å²) in [4.78, 5) is 11.6. The van der Waals surface area contributed by atoms with Crippen LogP contribution in [0.3, 0.4) is 0 Å². The lowest BCUT2D eigenvalue weighted by atomic mass is 10.1. The van der Waals surface area contributed by atoms with Crippen molar-refractivity contribution >= 4 is 27.9 Å². The van der Waals surface area contributed by atoms with Crippen molar-refractivity contribution < 1.29 is 4.79 Å². The van der Waals surface area contributed by atoms with Gasteiger partial charge in [-0.3, -0.25) is 4.79 Å². The molecular formula is C13H16N4OS. The lowest BCUT2D eigenvalue weighted by molar-refractivity contribution is 0.100. The molecule has 0 saturated heterocycles. The number of rotatable bonds is 5. The van der Waals surface area contributed by atoms with E-state index < -0.39 is 5.91 Å². The number of primary amides is 1. The molecule has 1 aromatic heterocycles. The average molecular weight is 276 g/mol. The zero-order valence-corrected chi connectivity index (χ0v) is 11.3. The van der Waals surface area contributed by atoms with E-state index in [9.17, 15) is 10.1 Å². The number of nitrogens with one attached hydrogen (secondary N) is 1. The summed E-state index contributed by atoms with van der Waals surface area (Å²) in [5, 5.41) is 13.4. The van der Waals surface area contributed by atoms with Crippen molar-refractivity contribution in [2.45, 2.75) is 31.7 Å². The number of nitrogens with zero attached hydrogens (tertiary/aromatic N) is 1. The van der Waals surface area contributed by atoms with Crippen LogP contribution in [-0.4, -0.2) is 11.9 Å². The van der Waals surface area contributed by atoms with Gasteiger partial charge >= 0.3 is 0 Å². The summed E-state index contributed by atoms with van der Waals surface area (Å²) in [6.07, 6.45) is 5.00. The van der Waals surface area contributed by atoms with Crippen molar-refractivity contribution in [3.63, 3.8) is 0 Å². The number of carbonyl (C=O) groups is 1. The Morgan fingerprint density at radius 3 is 2.37 bits per heavy atom. The fourth-order valence-corrected chi connectivity index (χ4v) is 3.49. The first-order valence-electron chi connectivity index (χ1n) is 6.50. The van der Waals surface area contributed by atoms with Gasteiger partial charge in [0.1, 0.15) is 21.5 Å². The van der Waals surface area contributed by atoms with E-state index in [0.29, 0.717) is 28.4 Å². The Hall–Kier alpha value is -1.74. The zero-order chi connectivity index (χ0) is 13.6. The van der Waals surface area contributed by atoms with Gasteiger partial charge in [-0.25, -0.2) is 0 Å². The molecule has 0 spiro atoms. The number of anilines is 2. The molecule has 19 heavy (non-hydrogen) atoms. The molecule has 0 aliphatic heterocycles. The van der Waals surface area contributed by atoms with Crippen LogP contribution >= 0.6 is 11.3 Å². The minimum Gasteiger partial charge on any atom is -0.396 e. The van der Waals surface area contributed by atoms with Crippen molar-refractivity contribution in [1.29, 1.82) is 5.26 Å². The van der Waals surface area contributed by atoms with Gasteiger partial charge in [-0.05, 0) is 37.5 Å². The van der Waals surface area contributed by atoms with Gasteiger partial charge in [0.15, 0.2) is 0 Å². The van der Waals surface area contributed by atoms with Gasteiger partial charge in [-0.2, -0.15) is 5.26 Å². The highest BCUT2D eigenvalue weighted by Crippen LogP contribution is 2.47. The van der Waals surface area contributed by atoms with E-state index in [0.717, 1.165) is 0 Å². The second kappa shape index (κ2) is 4.42. The lowest BCUT2D eigenvalue weighted by Gasteiger charge is -2.17. The van der Waals surface area contributed by atoms with Gasteiger partial charge in [0.2, 0.25) is 0 Å². The summed E-state index contributed by atoms with van der Waals surface area (Å²) >= 11 is 1.20. The molecule has 1 heterocycles. The van der Waals surface area contributed by atoms with Crippen LogP contribution in [0.1, 0.15) is 40.9 Å². The van der Waals surface area contributed by atoms with Crippen LogP contribution in [0.5, 0.6) is 0 Å². The first-order valence-corrected chi connectivity index (χ1v) is 7.32. The van der Waals surface area contributed by atoms with Crippen molar-refractivity contribution in [2.24, 2.45) is 17.6 Å². The van der Waals surface area contributed by atoms with Crippen LogP contribution in [-0.2, 0) is 0 Å². The second-order valence-electron chi connectivity index (χ2n) is 5.37. The van der Waals surface area contributed by atoms with Crippen molar-refractivity contribution in [2.75, 3.05) is 11.1 Å². The Bertz CT molecular complexity index is 554. The number of nitrogen functional groups attached to an aromatic ring is 1. The number of thiophene rings is 1. The van der Waals surface area contributed by atoms with Crippen molar-refractivity contribution in [1.82, 2.24) is 0 Å². The number of carbonyl (C=O) groups excluding carboxylic acids is 1. The summed E-state index contributed by atoms with van der Waals surface area (Å²) in [7, 11) is 0. The third-order valence-corrected chi connectivity index (χ3v) is 4.99. The largest absolute Gasteiger partial charge is 0.396 e. The van der Waals surface area contributed by atoms with Gasteiger partial charge in [0, 0.05) is 6.04 Å². The minimum atomic E-state index is -0.568. The third-order valence-electron chi connectivity index (χ3n) is 3.84. The zero-order valence-electron chi connectivity index (χ0n) is 10.5. The number of nitriles is 1. The van der Waals surface area contributed by atoms with Gasteiger partial charge < -0.3 is 16.8 Å². The van der Waals surface area contributed by atoms with Crippen LogP contribution in [0.2, 0.25) is 0 Å². The van der Waals surface area contributed by atoms with Crippen LogP contribution in [0.4, 0.5) is 10.7 Å². The molecule has 0 radical (unpaired) electrons. The maximum atomic E-state index is 11.3. The molecule has 2 aliphatic rings. The molecule has 1 amide bonds. The van der Waals surface area contributed by atoms with Gasteiger partial charge in [-0.15, -0.1) is 11.3 Å². The molecule has 2 fully saturated rings. The Morgan fingerprint density at radius 2 is 1.95 bits per heavy atom. The van der Waals surface area contributed by atoms with Crippen LogP contribution in [0, 0.1) is 23.2 Å². The highest BCUT2D eigenvalue weighted by atomic mass is 32.1. The van der Waals surface area contributed by atoms with Crippen molar-refractivity contribution in [3.05, 3.63) is 10.4 Å². The molecule has 2 saturated carbocycles. The third kappa shape index (κ3) is 2.26. The monoisotopic (exact) mass is 276 g/mol. The van der Waals surface area contributed by atoms with Gasteiger partial charge in [0.25, 0.3) is 5.91 Å². The summed E-state index contributed by atoms with van der Waals surface area (Å²) in [6.45, 7) is 0. The van der Waals surface area contributed by atoms with Crippen LogP contribution in [0.25, 0.3) is 0 Å². The Morgan fingerprint density at radius 1 is 1.37 bits per heavy atom. The summed E-state index contributed by atoms with van der Waals surface area (Å²) in [6, 6.07) is 2.50. The summed E-state index contributed by atoms with van der Waals surface area (Å²) < 4.78 is 0. The molecule has 0 bridgehead atoms. The SMILES string of the molecule is N#Cc1c(NC(C2CC2)C2CC2)sc(C(N)=O)c1N. The van der Waals surface area contributed by atoms with E-state index in [2.05, 4.69) is 11.4 Å². The molecule has 3 rings (SSSR count). The first kappa shape index (κ1) is 12.3. The Labute approximate surface area is 115 Å². The molecule has 2 aliphatic carbocycles. The van der Waals surface area contributed by atoms with Gasteiger partial charge in [0.05, 0.1) is 5.69 Å². The first-order chi connectivity index (χ1) is 9.11. The molecule has 5 N–H and O–H groups in total. The molecule has 0 unspecified atom stereocenters. The average Bonchev–Trinajstić information content (AvgIpc) is 3.25. The minimum absolute atomic E-state index is 0.216. The fraction of sp³-hybridized carbons (Fsp3) is 0.538. The fourth-order valence-electron chi connectivity index (χ4n) is 2.52. The number of amides is 1. The molecule has 0 aromatic carbocycles. The van der Waals surface area contributed by atoms with Gasteiger partial charge in [-0.1, -0.05) is 0 Å². The van der Waals surface area contributed by atoms with Crippen LogP contribution in [0.15, 0.2) is 0 Å². The van der Waals surface area contributed by atoms with E-state index in [1.165, 1.54) is 37.0 Å². The molecular weight excluding hydrogens is 260 g/mol. The molecule has 1 aromatic rings. The molecule has 100 valence electrons. The molecule has 0 atom stereocenters. The van der Waals surface area contributed by atoms with E-state index in [1.54, 1.807) is 0 Å². The lowest BCUT2D eigenvalue weighted by Crippen LogP contribution is -2.24. The number of nitrogens with two attached hydrogens (primary N) is 2. The normalized spacial score (nSPS) is 18.3. The van der Waals surface area contributed by atoms with E-state index in [1.807, 2.05) is 0 Å². The maximum Gasteiger partial charge on any atom is 0.261 e. The second-order valence-corrected chi connectivity index (χ2v) is 6.39. The molecule has 5 nitrogen and oxygen atoms in total. The van der Waals surface area contributed by atoms with Crippen molar-refractivity contribution in [3.8, 4) is 6.07 Å². The quantitative estimate of drug-likeness (QED) is 0.763. The summed E-state index contributed by atoms with van der Waals surface area (Å²) in [5.74, 6) is 0.847. The Balaban J connectivity index is 1.89. The number of hydrogen-bond acceptors (Lipinski definition) is 5. The van der Waals surface area contributed by atoms with E-state index in [-0.39, 0.29) is 10.6 Å². The highest BCUT2D eigenvalue weighted by molar-refractivity contribution is 7.18. The predicted molar refractivity (Wildman–Crippen MR) is 74.8 cm³/mol. The topological polar surface area (TPSA) is 105 Å². The number of hydrogen-bond donors (Lipinski definition) is 3. The summed E-state index contributed by atoms with van der Waals surface area (Å²) in [5.41, 5.74) is 11.7.